The molecule has 50 heavy (non-hydrogen) atoms. The molecule has 0 aliphatic rings. The maximum Gasteiger partial charge on any atom is 0.404 e. The minimum atomic E-state index is -4.97. The normalized spacial score (nSPS) is 12.1. The number of hydrogen-bond donors (Lipinski definition) is 1. The van der Waals surface area contributed by atoms with Crippen molar-refractivity contribution in [2.45, 2.75) is 36.3 Å². The highest BCUT2D eigenvalue weighted by Crippen LogP contribution is 2.38. The first-order valence-corrected chi connectivity index (χ1v) is 18.7. The molecule has 0 saturated heterocycles. The zero-order chi connectivity index (χ0) is 36.2. The summed E-state index contributed by atoms with van der Waals surface area (Å²) < 4.78 is 97.8. The number of carbonyl (C=O) groups is 1. The number of aryl methyl sites for hydroxylation is 1. The number of fused-ring (bicyclic) bond motifs is 2. The number of nitrogens with zero attached hydrogens (tertiary/aromatic N) is 1. The van der Waals surface area contributed by atoms with Crippen molar-refractivity contribution in [3.63, 3.8) is 0 Å². The van der Waals surface area contributed by atoms with Crippen LogP contribution in [-0.2, 0) is 33.6 Å². The number of alkyl halides is 3. The molecule has 1 aromatic heterocycles. The van der Waals surface area contributed by atoms with Crippen LogP contribution in [0.1, 0.15) is 28.0 Å². The smallest absolute Gasteiger partial charge is 0.404 e. The molecule has 8 nitrogen and oxygen atoms in total. The average Bonchev–Trinajstić information content (AvgIpc) is 3.38. The second-order valence-electron chi connectivity index (χ2n) is 11.0. The molecular formula is C34H30BrClF4N2O6S2. The lowest BCUT2D eigenvalue weighted by molar-refractivity contribution is -0.106. The third-order valence-corrected chi connectivity index (χ3v) is 11.3. The predicted molar refractivity (Wildman–Crippen MR) is 189 cm³/mol. The van der Waals surface area contributed by atoms with Crippen molar-refractivity contribution in [2.24, 2.45) is 0 Å². The molecule has 0 bridgehead atoms. The standard InChI is InChI=1S/C34H30BrClF4N2O6S2/c1-46-23-7-4-20(5-8-23)18-49-24-15-21-14-22(37)6-9-25(21)29(16-24)48-13-3-12-42-28-11-10-27(36)31(35)30(28)26(32(42)33(43)47-2)17-41-50(44,45)19-34(38,39)40/h4-11,14-16,41H,3,12-13,17-19H2,1-2H3. The molecule has 1 heterocycles. The van der Waals surface area contributed by atoms with Gasteiger partial charge < -0.3 is 18.8 Å². The third kappa shape index (κ3) is 9.04. The molecule has 0 unspecified atom stereocenters. The Balaban J connectivity index is 1.40. The average molecular weight is 818 g/mol. The van der Waals surface area contributed by atoms with Gasteiger partial charge in [0, 0.05) is 44.5 Å². The summed E-state index contributed by atoms with van der Waals surface area (Å²) in [6, 6.07) is 19.1. The minimum Gasteiger partial charge on any atom is -0.497 e. The molecule has 0 spiro atoms. The van der Waals surface area contributed by atoms with Crippen LogP contribution in [0.4, 0.5) is 17.6 Å². The molecule has 0 radical (unpaired) electrons. The van der Waals surface area contributed by atoms with E-state index in [1.54, 1.807) is 41.6 Å². The lowest BCUT2D eigenvalue weighted by Gasteiger charge is -2.14. The van der Waals surface area contributed by atoms with Gasteiger partial charge in [-0.3, -0.25) is 0 Å². The predicted octanol–water partition coefficient (Wildman–Crippen LogP) is 8.89. The summed E-state index contributed by atoms with van der Waals surface area (Å²) in [6.45, 7) is -0.310. The molecule has 1 N–H and O–H groups in total. The van der Waals surface area contributed by atoms with Crippen molar-refractivity contribution in [1.82, 2.24) is 9.29 Å². The number of aromatic nitrogens is 1. The monoisotopic (exact) mass is 816 g/mol. The topological polar surface area (TPSA) is 95.9 Å². The number of carbonyl (C=O) groups excluding carboxylic acids is 1. The molecule has 0 saturated carbocycles. The summed E-state index contributed by atoms with van der Waals surface area (Å²) in [7, 11) is -2.06. The Morgan fingerprint density at radius 3 is 2.46 bits per heavy atom. The lowest BCUT2D eigenvalue weighted by Crippen LogP contribution is -2.33. The van der Waals surface area contributed by atoms with Gasteiger partial charge >= 0.3 is 12.1 Å². The van der Waals surface area contributed by atoms with E-state index in [2.05, 4.69) is 15.9 Å². The first kappa shape index (κ1) is 37.7. The van der Waals surface area contributed by atoms with Crippen LogP contribution in [0.25, 0.3) is 21.7 Å². The Bertz CT molecular complexity index is 2140. The van der Waals surface area contributed by atoms with Gasteiger partial charge in [0.15, 0.2) is 5.75 Å². The highest BCUT2D eigenvalue weighted by molar-refractivity contribution is 9.10. The van der Waals surface area contributed by atoms with Crippen LogP contribution in [0.15, 0.2) is 76.1 Å². The number of sulfonamides is 1. The highest BCUT2D eigenvalue weighted by atomic mass is 79.9. The van der Waals surface area contributed by atoms with E-state index < -0.39 is 40.3 Å². The molecule has 5 aromatic rings. The van der Waals surface area contributed by atoms with E-state index in [4.69, 9.17) is 25.8 Å². The second kappa shape index (κ2) is 15.8. The maximum atomic E-state index is 14.2. The van der Waals surface area contributed by atoms with Gasteiger partial charge in [-0.25, -0.2) is 22.3 Å². The number of ether oxygens (including phenoxy) is 3. The van der Waals surface area contributed by atoms with E-state index in [0.717, 1.165) is 23.3 Å². The van der Waals surface area contributed by atoms with Crippen molar-refractivity contribution in [2.75, 3.05) is 26.6 Å². The Kier molecular flexibility index (Phi) is 11.9. The summed E-state index contributed by atoms with van der Waals surface area (Å²) in [5.41, 5.74) is 1.56. The molecule has 0 aliphatic heterocycles. The molecule has 0 fully saturated rings. The first-order valence-electron chi connectivity index (χ1n) is 14.9. The Morgan fingerprint density at radius 1 is 1.04 bits per heavy atom. The minimum absolute atomic E-state index is 0.0574. The van der Waals surface area contributed by atoms with Gasteiger partial charge in [0.25, 0.3) is 0 Å². The molecule has 5 rings (SSSR count). The van der Waals surface area contributed by atoms with Gasteiger partial charge in [0.2, 0.25) is 10.0 Å². The SMILES string of the molecule is COC(=O)c1c(CNS(=O)(=O)CC(F)(F)F)c2c(Br)c(Cl)ccc2n1CCCOc1cc(SCc2ccc(OC)cc2)cc2cc(F)ccc12. The van der Waals surface area contributed by atoms with Crippen LogP contribution < -0.4 is 14.2 Å². The van der Waals surface area contributed by atoms with Crippen LogP contribution in [0, 0.1) is 5.82 Å². The number of rotatable bonds is 14. The summed E-state index contributed by atoms with van der Waals surface area (Å²) in [5.74, 6) is -1.38. The van der Waals surface area contributed by atoms with E-state index in [9.17, 15) is 30.8 Å². The van der Waals surface area contributed by atoms with Crippen molar-refractivity contribution in [1.29, 1.82) is 0 Å². The Labute approximate surface area is 303 Å². The molecule has 266 valence electrons. The van der Waals surface area contributed by atoms with Crippen molar-refractivity contribution < 1.29 is 45.0 Å². The number of hydrogen-bond acceptors (Lipinski definition) is 7. The maximum absolute atomic E-state index is 14.2. The number of esters is 1. The van der Waals surface area contributed by atoms with Gasteiger partial charge in [-0.05, 0) is 87.9 Å². The molecule has 0 aliphatic carbocycles. The molecular weight excluding hydrogens is 788 g/mol. The van der Waals surface area contributed by atoms with E-state index >= 15 is 0 Å². The summed E-state index contributed by atoms with van der Waals surface area (Å²) >= 11 is 11.3. The molecule has 0 amide bonds. The summed E-state index contributed by atoms with van der Waals surface area (Å²) in [6.07, 6.45) is -4.64. The van der Waals surface area contributed by atoms with Crippen molar-refractivity contribution in [3.8, 4) is 11.5 Å². The van der Waals surface area contributed by atoms with E-state index in [1.165, 1.54) is 12.1 Å². The van der Waals surface area contributed by atoms with Crippen LogP contribution in [0.3, 0.4) is 0 Å². The molecule has 16 heteroatoms. The Hall–Kier alpha value is -3.50. The van der Waals surface area contributed by atoms with Crippen LogP contribution in [-0.4, -0.2) is 51.7 Å². The van der Waals surface area contributed by atoms with Gasteiger partial charge in [-0.2, -0.15) is 13.2 Å². The zero-order valence-electron chi connectivity index (χ0n) is 26.6. The second-order valence-corrected chi connectivity index (χ2v) is 15.1. The largest absolute Gasteiger partial charge is 0.497 e. The Morgan fingerprint density at radius 2 is 1.78 bits per heavy atom. The molecule has 4 aromatic carbocycles. The lowest BCUT2D eigenvalue weighted by atomic mass is 10.1. The fourth-order valence-electron chi connectivity index (χ4n) is 5.41. The van der Waals surface area contributed by atoms with Crippen molar-refractivity contribution in [3.05, 3.63) is 98.9 Å². The third-order valence-electron chi connectivity index (χ3n) is 7.62. The number of methoxy groups -OCH3 is 2. The van der Waals surface area contributed by atoms with Crippen LogP contribution >= 0.6 is 39.3 Å². The first-order chi connectivity index (χ1) is 23.7. The number of thioether (sulfide) groups is 1. The summed E-state index contributed by atoms with van der Waals surface area (Å²) in [4.78, 5) is 14.0. The van der Waals surface area contributed by atoms with Gasteiger partial charge in [-0.15, -0.1) is 11.8 Å². The van der Waals surface area contributed by atoms with Gasteiger partial charge in [0.05, 0.1) is 31.4 Å². The molecule has 0 atom stereocenters. The van der Waals surface area contributed by atoms with E-state index in [1.807, 2.05) is 41.1 Å². The van der Waals surface area contributed by atoms with Gasteiger partial charge in [-0.1, -0.05) is 23.7 Å². The fraction of sp³-hybridized carbons (Fsp3) is 0.265. The van der Waals surface area contributed by atoms with Crippen LogP contribution in [0.2, 0.25) is 5.02 Å². The van der Waals surface area contributed by atoms with E-state index in [0.29, 0.717) is 44.1 Å². The quantitative estimate of drug-likeness (QED) is 0.0518. The van der Waals surface area contributed by atoms with Crippen molar-refractivity contribution >= 4 is 77.0 Å². The van der Waals surface area contributed by atoms with E-state index in [-0.39, 0.29) is 29.4 Å². The fourth-order valence-corrected chi connectivity index (χ4v) is 7.97. The number of benzene rings is 4. The van der Waals surface area contributed by atoms with Crippen LogP contribution in [0.5, 0.6) is 11.5 Å². The zero-order valence-corrected chi connectivity index (χ0v) is 30.5. The van der Waals surface area contributed by atoms with Gasteiger partial charge in [0.1, 0.15) is 23.0 Å². The number of halogens is 6. The summed E-state index contributed by atoms with van der Waals surface area (Å²) in [5, 5.41) is 1.93. The number of nitrogens with one attached hydrogen (secondary N) is 1. The highest BCUT2D eigenvalue weighted by Gasteiger charge is 2.35.